The van der Waals surface area contributed by atoms with Gasteiger partial charge in [0.15, 0.2) is 0 Å². The number of amides is 1. The van der Waals surface area contributed by atoms with Crippen LogP contribution in [0, 0.1) is 11.3 Å². The molecule has 0 aliphatic rings. The van der Waals surface area contributed by atoms with Gasteiger partial charge in [-0.2, -0.15) is 0 Å². The number of carbonyl (C=O) groups is 1. The quantitative estimate of drug-likeness (QED) is 0.842. The highest BCUT2D eigenvalue weighted by molar-refractivity contribution is 5.78. The van der Waals surface area contributed by atoms with Crippen LogP contribution in [0.4, 0.5) is 0 Å². The van der Waals surface area contributed by atoms with Crippen LogP contribution in [0.3, 0.4) is 0 Å². The molecule has 4 nitrogen and oxygen atoms in total. The maximum atomic E-state index is 12.5. The lowest BCUT2D eigenvalue weighted by Gasteiger charge is -2.32. The van der Waals surface area contributed by atoms with Crippen LogP contribution >= 0.6 is 0 Å². The summed E-state index contributed by atoms with van der Waals surface area (Å²) in [6.07, 6.45) is 0.836. The lowest BCUT2D eigenvalue weighted by molar-refractivity contribution is -0.136. The number of carbonyl (C=O) groups excluding carboxylic acids is 1. The smallest absolute Gasteiger partial charge is 0.226 e. The molecule has 2 N–H and O–H groups in total. The second-order valence-electron chi connectivity index (χ2n) is 7.06. The average Bonchev–Trinajstić information content (AvgIpc) is 2.49. The maximum Gasteiger partial charge on any atom is 0.226 e. The first kappa shape index (κ1) is 18.5. The fraction of sp³-hybridized carbons (Fsp3) is 0.611. The Kier molecular flexibility index (Phi) is 6.88. The van der Waals surface area contributed by atoms with E-state index in [1.807, 2.05) is 36.1 Å². The van der Waals surface area contributed by atoms with Gasteiger partial charge in [-0.1, -0.05) is 39.8 Å². The first-order valence-electron chi connectivity index (χ1n) is 7.88. The minimum absolute atomic E-state index is 0.0733. The molecule has 0 saturated heterocycles. The van der Waals surface area contributed by atoms with E-state index in [0.29, 0.717) is 13.1 Å². The highest BCUT2D eigenvalue weighted by Crippen LogP contribution is 2.18. The van der Waals surface area contributed by atoms with Gasteiger partial charge in [-0.25, -0.2) is 0 Å². The van der Waals surface area contributed by atoms with Gasteiger partial charge >= 0.3 is 0 Å². The number of ether oxygens (including phenoxy) is 1. The third-order valence-electron chi connectivity index (χ3n) is 3.58. The zero-order valence-electron chi connectivity index (χ0n) is 14.6. The zero-order valence-corrected chi connectivity index (χ0v) is 14.6. The number of hydrogen-bond donors (Lipinski definition) is 1. The van der Waals surface area contributed by atoms with E-state index in [-0.39, 0.29) is 17.2 Å². The summed E-state index contributed by atoms with van der Waals surface area (Å²) in [6.45, 7) is 10.2. The molecule has 124 valence electrons. The van der Waals surface area contributed by atoms with Crippen molar-refractivity contribution in [1.29, 1.82) is 0 Å². The van der Waals surface area contributed by atoms with Crippen LogP contribution in [-0.4, -0.2) is 37.6 Å². The second kappa shape index (κ2) is 8.18. The Hall–Kier alpha value is -1.55. The molecule has 1 rings (SSSR count). The molecule has 0 saturated carbocycles. The molecule has 1 atom stereocenters. The summed E-state index contributed by atoms with van der Waals surface area (Å²) in [5.41, 5.74) is 6.93. The summed E-state index contributed by atoms with van der Waals surface area (Å²) in [5.74, 6) is 0.868. The van der Waals surface area contributed by atoms with Crippen LogP contribution in [0.5, 0.6) is 5.75 Å². The molecule has 0 fully saturated rings. The van der Waals surface area contributed by atoms with Gasteiger partial charge in [0.25, 0.3) is 0 Å². The molecule has 1 amide bonds. The van der Waals surface area contributed by atoms with Crippen molar-refractivity contribution in [2.45, 2.75) is 34.1 Å². The van der Waals surface area contributed by atoms with Gasteiger partial charge in [-0.3, -0.25) is 4.79 Å². The van der Waals surface area contributed by atoms with Gasteiger partial charge < -0.3 is 15.4 Å². The van der Waals surface area contributed by atoms with Crippen molar-refractivity contribution in [1.82, 2.24) is 4.90 Å². The number of benzene rings is 1. The van der Waals surface area contributed by atoms with E-state index >= 15 is 0 Å². The first-order chi connectivity index (χ1) is 10.3. The number of hydrogen-bond acceptors (Lipinski definition) is 3. The van der Waals surface area contributed by atoms with Crippen molar-refractivity contribution >= 4 is 5.91 Å². The van der Waals surface area contributed by atoms with Crippen LogP contribution in [0.1, 0.15) is 33.3 Å². The Bertz CT molecular complexity index is 463. The maximum absolute atomic E-state index is 12.5. The van der Waals surface area contributed by atoms with E-state index in [1.165, 1.54) is 5.56 Å². The highest BCUT2D eigenvalue weighted by Gasteiger charge is 2.24. The fourth-order valence-corrected chi connectivity index (χ4v) is 2.31. The van der Waals surface area contributed by atoms with Gasteiger partial charge in [-0.15, -0.1) is 0 Å². The first-order valence-corrected chi connectivity index (χ1v) is 7.88. The number of methoxy groups -OCH3 is 1. The summed E-state index contributed by atoms with van der Waals surface area (Å²) < 4.78 is 5.17. The lowest BCUT2D eigenvalue weighted by Crippen LogP contribution is -2.43. The average molecular weight is 306 g/mol. The van der Waals surface area contributed by atoms with Gasteiger partial charge in [-0.05, 0) is 29.5 Å². The predicted molar refractivity (Wildman–Crippen MR) is 91.0 cm³/mol. The Morgan fingerprint density at radius 1 is 1.27 bits per heavy atom. The molecular weight excluding hydrogens is 276 g/mol. The third-order valence-corrected chi connectivity index (χ3v) is 3.58. The van der Waals surface area contributed by atoms with Crippen LogP contribution in [0.25, 0.3) is 0 Å². The van der Waals surface area contributed by atoms with Gasteiger partial charge in [0.2, 0.25) is 5.91 Å². The molecule has 0 heterocycles. The van der Waals surface area contributed by atoms with E-state index in [9.17, 15) is 4.79 Å². The molecule has 22 heavy (non-hydrogen) atoms. The van der Waals surface area contributed by atoms with E-state index in [4.69, 9.17) is 10.5 Å². The van der Waals surface area contributed by atoms with E-state index in [0.717, 1.165) is 18.7 Å². The molecule has 0 radical (unpaired) electrons. The van der Waals surface area contributed by atoms with Crippen LogP contribution in [-0.2, 0) is 11.2 Å². The topological polar surface area (TPSA) is 55.6 Å². The van der Waals surface area contributed by atoms with Crippen molar-refractivity contribution < 1.29 is 9.53 Å². The Balaban J connectivity index is 2.72. The fourth-order valence-electron chi connectivity index (χ4n) is 2.31. The molecule has 0 aliphatic carbocycles. The number of rotatable bonds is 7. The van der Waals surface area contributed by atoms with Crippen molar-refractivity contribution in [3.63, 3.8) is 0 Å². The molecular formula is C18H30N2O2. The van der Waals surface area contributed by atoms with E-state index in [1.54, 1.807) is 7.11 Å². The largest absolute Gasteiger partial charge is 0.497 e. The van der Waals surface area contributed by atoms with Crippen LogP contribution in [0.2, 0.25) is 0 Å². The standard InChI is InChI=1S/C18H30N2O2/c1-14(12-19)17(21)20(13-18(2,3)4)11-10-15-6-8-16(22-5)9-7-15/h6-9,14H,10-13,19H2,1-5H3. The minimum atomic E-state index is -0.127. The molecule has 4 heteroatoms. The molecule has 0 spiro atoms. The molecule has 0 bridgehead atoms. The molecule has 0 aliphatic heterocycles. The Labute approximate surface area is 134 Å². The van der Waals surface area contributed by atoms with Crippen molar-refractivity contribution in [3.8, 4) is 5.75 Å². The normalized spacial score (nSPS) is 12.8. The summed E-state index contributed by atoms with van der Waals surface area (Å²) in [4.78, 5) is 14.4. The van der Waals surface area contributed by atoms with E-state index in [2.05, 4.69) is 20.8 Å². The zero-order chi connectivity index (χ0) is 16.8. The van der Waals surface area contributed by atoms with E-state index < -0.39 is 0 Å². The van der Waals surface area contributed by atoms with Gasteiger partial charge in [0.1, 0.15) is 5.75 Å². The summed E-state index contributed by atoms with van der Waals surface area (Å²) in [6, 6.07) is 8.00. The Morgan fingerprint density at radius 3 is 2.32 bits per heavy atom. The van der Waals surface area contributed by atoms with Crippen molar-refractivity contribution in [2.24, 2.45) is 17.1 Å². The summed E-state index contributed by atoms with van der Waals surface area (Å²) >= 11 is 0. The molecule has 0 aromatic heterocycles. The van der Waals surface area contributed by atoms with Gasteiger partial charge in [0.05, 0.1) is 7.11 Å². The number of nitrogens with two attached hydrogens (primary N) is 1. The molecule has 1 unspecified atom stereocenters. The number of nitrogens with zero attached hydrogens (tertiary/aromatic N) is 1. The molecule has 1 aromatic carbocycles. The summed E-state index contributed by atoms with van der Waals surface area (Å²) in [5, 5.41) is 0. The lowest BCUT2D eigenvalue weighted by atomic mass is 9.95. The third kappa shape index (κ3) is 6.06. The Morgan fingerprint density at radius 2 is 1.86 bits per heavy atom. The highest BCUT2D eigenvalue weighted by atomic mass is 16.5. The van der Waals surface area contributed by atoms with Crippen LogP contribution in [0.15, 0.2) is 24.3 Å². The SMILES string of the molecule is COc1ccc(CCN(CC(C)(C)C)C(=O)C(C)CN)cc1. The molecule has 1 aromatic rings. The minimum Gasteiger partial charge on any atom is -0.497 e. The van der Waals surface area contributed by atoms with Crippen molar-refractivity contribution in [2.75, 3.05) is 26.7 Å². The monoisotopic (exact) mass is 306 g/mol. The van der Waals surface area contributed by atoms with Crippen molar-refractivity contribution in [3.05, 3.63) is 29.8 Å². The van der Waals surface area contributed by atoms with Gasteiger partial charge in [0, 0.05) is 25.6 Å². The predicted octanol–water partition coefficient (Wildman–Crippen LogP) is 2.71. The second-order valence-corrected chi connectivity index (χ2v) is 7.06. The van der Waals surface area contributed by atoms with Crippen LogP contribution < -0.4 is 10.5 Å². The summed E-state index contributed by atoms with van der Waals surface area (Å²) in [7, 11) is 1.66.